The predicted octanol–water partition coefficient (Wildman–Crippen LogP) is 2.05. The zero-order valence-electron chi connectivity index (χ0n) is 10.5. The van der Waals surface area contributed by atoms with E-state index in [0.29, 0.717) is 5.92 Å². The second-order valence-corrected chi connectivity index (χ2v) is 4.27. The van der Waals surface area contributed by atoms with Crippen molar-refractivity contribution in [3.63, 3.8) is 0 Å². The Hall–Kier alpha value is -0.570. The van der Waals surface area contributed by atoms with Gasteiger partial charge >= 0.3 is 0 Å². The molecule has 0 spiro atoms. The zero-order chi connectivity index (χ0) is 11.8. The third-order valence-corrected chi connectivity index (χ3v) is 3.06. The molecular formula is C12H26N2O. The number of nitrogens with one attached hydrogen (secondary N) is 1. The Kier molecular flexibility index (Phi) is 7.39. The summed E-state index contributed by atoms with van der Waals surface area (Å²) in [5, 5.41) is 3.00. The molecule has 3 nitrogen and oxygen atoms in total. The third-order valence-electron chi connectivity index (χ3n) is 3.06. The van der Waals surface area contributed by atoms with Gasteiger partial charge in [0.05, 0.1) is 6.04 Å². The van der Waals surface area contributed by atoms with Gasteiger partial charge in [0.25, 0.3) is 0 Å². The predicted molar refractivity (Wildman–Crippen MR) is 64.6 cm³/mol. The van der Waals surface area contributed by atoms with Crippen molar-refractivity contribution in [3.8, 4) is 0 Å². The minimum absolute atomic E-state index is 0.00347. The van der Waals surface area contributed by atoms with Crippen LogP contribution >= 0.6 is 0 Å². The quantitative estimate of drug-likeness (QED) is 0.681. The van der Waals surface area contributed by atoms with Crippen LogP contribution in [-0.4, -0.2) is 18.0 Å². The van der Waals surface area contributed by atoms with Crippen LogP contribution in [0.1, 0.15) is 53.4 Å². The summed E-state index contributed by atoms with van der Waals surface area (Å²) in [6.45, 7) is 8.41. The molecule has 0 heterocycles. The summed E-state index contributed by atoms with van der Waals surface area (Å²) in [6.07, 6.45) is 3.91. The van der Waals surface area contributed by atoms with E-state index in [0.717, 1.165) is 25.7 Å². The van der Waals surface area contributed by atoms with Crippen LogP contribution in [0.2, 0.25) is 0 Å². The summed E-state index contributed by atoms with van der Waals surface area (Å²) >= 11 is 0. The SMILES string of the molecule is CCCC(N)C(=O)NC(C)C(CC)CC. The molecule has 0 rings (SSSR count). The number of carbonyl (C=O) groups is 1. The summed E-state index contributed by atoms with van der Waals surface area (Å²) in [4.78, 5) is 11.6. The fourth-order valence-electron chi connectivity index (χ4n) is 1.89. The molecule has 0 fully saturated rings. The molecule has 0 aromatic carbocycles. The highest BCUT2D eigenvalue weighted by Gasteiger charge is 2.19. The van der Waals surface area contributed by atoms with Crippen molar-refractivity contribution in [3.05, 3.63) is 0 Å². The topological polar surface area (TPSA) is 55.1 Å². The molecule has 0 aliphatic carbocycles. The lowest BCUT2D eigenvalue weighted by Gasteiger charge is -2.24. The van der Waals surface area contributed by atoms with E-state index in [4.69, 9.17) is 5.73 Å². The molecule has 0 aliphatic heterocycles. The van der Waals surface area contributed by atoms with Crippen molar-refractivity contribution in [1.29, 1.82) is 0 Å². The van der Waals surface area contributed by atoms with Gasteiger partial charge in [-0.05, 0) is 19.3 Å². The number of carbonyl (C=O) groups excluding carboxylic acids is 1. The van der Waals surface area contributed by atoms with Crippen molar-refractivity contribution in [2.45, 2.75) is 65.5 Å². The van der Waals surface area contributed by atoms with Crippen LogP contribution in [0.3, 0.4) is 0 Å². The fourth-order valence-corrected chi connectivity index (χ4v) is 1.89. The van der Waals surface area contributed by atoms with Crippen LogP contribution in [0.15, 0.2) is 0 Å². The Morgan fingerprint density at radius 1 is 1.27 bits per heavy atom. The van der Waals surface area contributed by atoms with Gasteiger partial charge in [-0.25, -0.2) is 0 Å². The summed E-state index contributed by atoms with van der Waals surface area (Å²) in [6, 6.07) is -0.109. The molecule has 0 aromatic heterocycles. The van der Waals surface area contributed by atoms with E-state index in [-0.39, 0.29) is 18.0 Å². The van der Waals surface area contributed by atoms with Gasteiger partial charge in [0.2, 0.25) is 5.91 Å². The summed E-state index contributed by atoms with van der Waals surface area (Å²) < 4.78 is 0. The van der Waals surface area contributed by atoms with E-state index in [1.165, 1.54) is 0 Å². The summed E-state index contributed by atoms with van der Waals surface area (Å²) in [5.41, 5.74) is 5.75. The van der Waals surface area contributed by atoms with Gasteiger partial charge in [-0.1, -0.05) is 40.0 Å². The highest BCUT2D eigenvalue weighted by molar-refractivity contribution is 5.81. The number of amides is 1. The van der Waals surface area contributed by atoms with Crippen LogP contribution in [0.5, 0.6) is 0 Å². The monoisotopic (exact) mass is 214 g/mol. The van der Waals surface area contributed by atoms with Crippen LogP contribution in [0.4, 0.5) is 0 Å². The lowest BCUT2D eigenvalue weighted by atomic mass is 9.95. The van der Waals surface area contributed by atoms with Gasteiger partial charge < -0.3 is 11.1 Å². The highest BCUT2D eigenvalue weighted by Crippen LogP contribution is 2.12. The Balaban J connectivity index is 4.04. The molecular weight excluding hydrogens is 188 g/mol. The smallest absolute Gasteiger partial charge is 0.237 e. The zero-order valence-corrected chi connectivity index (χ0v) is 10.5. The van der Waals surface area contributed by atoms with Crippen LogP contribution in [0, 0.1) is 5.92 Å². The van der Waals surface area contributed by atoms with Crippen LogP contribution in [0.25, 0.3) is 0 Å². The second kappa shape index (κ2) is 7.69. The molecule has 2 unspecified atom stereocenters. The molecule has 3 heteroatoms. The fraction of sp³-hybridized carbons (Fsp3) is 0.917. The Morgan fingerprint density at radius 2 is 1.80 bits per heavy atom. The van der Waals surface area contributed by atoms with Gasteiger partial charge in [0.15, 0.2) is 0 Å². The Bertz CT molecular complexity index is 178. The van der Waals surface area contributed by atoms with Gasteiger partial charge in [0, 0.05) is 6.04 Å². The molecule has 0 saturated carbocycles. The minimum atomic E-state index is -0.341. The van der Waals surface area contributed by atoms with Gasteiger partial charge in [-0.15, -0.1) is 0 Å². The van der Waals surface area contributed by atoms with E-state index in [1.54, 1.807) is 0 Å². The molecule has 15 heavy (non-hydrogen) atoms. The first-order chi connectivity index (χ1) is 7.06. The molecule has 1 amide bonds. The molecule has 0 aromatic rings. The second-order valence-electron chi connectivity index (χ2n) is 4.27. The van der Waals surface area contributed by atoms with E-state index in [2.05, 4.69) is 26.1 Å². The van der Waals surface area contributed by atoms with E-state index in [1.807, 2.05) is 6.92 Å². The molecule has 0 aliphatic rings. The summed E-state index contributed by atoms with van der Waals surface area (Å²) in [7, 11) is 0. The van der Waals surface area contributed by atoms with Gasteiger partial charge in [-0.3, -0.25) is 4.79 Å². The standard InChI is InChI=1S/C12H26N2O/c1-5-8-11(13)12(15)14-9(4)10(6-2)7-3/h9-11H,5-8,13H2,1-4H3,(H,14,15). The number of hydrogen-bond donors (Lipinski definition) is 2. The first kappa shape index (κ1) is 14.4. The Morgan fingerprint density at radius 3 is 2.20 bits per heavy atom. The van der Waals surface area contributed by atoms with Crippen molar-refractivity contribution >= 4 is 5.91 Å². The van der Waals surface area contributed by atoms with E-state index in [9.17, 15) is 4.79 Å². The third kappa shape index (κ3) is 5.17. The number of rotatable bonds is 7. The number of hydrogen-bond acceptors (Lipinski definition) is 2. The highest BCUT2D eigenvalue weighted by atomic mass is 16.2. The maximum atomic E-state index is 11.6. The Labute approximate surface area is 93.8 Å². The van der Waals surface area contributed by atoms with Crippen molar-refractivity contribution in [1.82, 2.24) is 5.32 Å². The molecule has 3 N–H and O–H groups in total. The van der Waals surface area contributed by atoms with Crippen LogP contribution in [-0.2, 0) is 4.79 Å². The normalized spacial score (nSPS) is 15.1. The largest absolute Gasteiger partial charge is 0.352 e. The first-order valence-electron chi connectivity index (χ1n) is 6.12. The molecule has 90 valence electrons. The van der Waals surface area contributed by atoms with Gasteiger partial charge in [0.1, 0.15) is 0 Å². The van der Waals surface area contributed by atoms with Crippen molar-refractivity contribution in [2.24, 2.45) is 11.7 Å². The van der Waals surface area contributed by atoms with Crippen molar-refractivity contribution < 1.29 is 4.79 Å². The first-order valence-corrected chi connectivity index (χ1v) is 6.12. The van der Waals surface area contributed by atoms with Crippen molar-refractivity contribution in [2.75, 3.05) is 0 Å². The maximum Gasteiger partial charge on any atom is 0.237 e. The maximum absolute atomic E-state index is 11.6. The average molecular weight is 214 g/mol. The molecule has 0 bridgehead atoms. The lowest BCUT2D eigenvalue weighted by Crippen LogP contribution is -2.46. The van der Waals surface area contributed by atoms with E-state index < -0.39 is 0 Å². The number of nitrogens with two attached hydrogens (primary N) is 1. The van der Waals surface area contributed by atoms with Gasteiger partial charge in [-0.2, -0.15) is 0 Å². The van der Waals surface area contributed by atoms with E-state index >= 15 is 0 Å². The summed E-state index contributed by atoms with van der Waals surface area (Å²) in [5.74, 6) is 0.555. The molecule has 0 saturated heterocycles. The molecule has 0 radical (unpaired) electrons. The lowest BCUT2D eigenvalue weighted by molar-refractivity contribution is -0.123. The average Bonchev–Trinajstić information content (AvgIpc) is 2.19. The molecule has 2 atom stereocenters. The minimum Gasteiger partial charge on any atom is -0.352 e. The van der Waals surface area contributed by atoms with Crippen LogP contribution < -0.4 is 11.1 Å².